The van der Waals surface area contributed by atoms with Crippen LogP contribution in [0.15, 0.2) is 82.4 Å². The molecule has 2 heterocycles. The van der Waals surface area contributed by atoms with E-state index in [-0.39, 0.29) is 12.7 Å². The number of rotatable bonds is 4. The quantitative estimate of drug-likeness (QED) is 0.454. The van der Waals surface area contributed by atoms with Crippen LogP contribution < -0.4 is 4.90 Å². The molecular weight excluding hydrogens is 478 g/mol. The minimum atomic E-state index is -0.536. The van der Waals surface area contributed by atoms with Crippen molar-refractivity contribution >= 4 is 50.6 Å². The third kappa shape index (κ3) is 3.56. The average Bonchev–Trinajstić information content (AvgIpc) is 3.30. The van der Waals surface area contributed by atoms with Crippen molar-refractivity contribution in [1.82, 2.24) is 5.01 Å². The molecule has 0 aromatic heterocycles. The monoisotopic (exact) mass is 493 g/mol. The highest BCUT2D eigenvalue weighted by molar-refractivity contribution is 9.10. The number of anilines is 1. The lowest BCUT2D eigenvalue weighted by molar-refractivity contribution is -0.114. The summed E-state index contributed by atoms with van der Waals surface area (Å²) in [4.78, 5) is 26.6. The normalized spacial score (nSPS) is 17.9. The number of para-hydroxylation sites is 1. The fourth-order valence-corrected chi connectivity index (χ4v) is 4.58. The maximum absolute atomic E-state index is 12.7. The molecule has 0 N–H and O–H groups in total. The number of hydrogen-bond acceptors (Lipinski definition) is 4. The molecule has 5 rings (SSSR count). The Bertz CT molecular complexity index is 1230. The van der Waals surface area contributed by atoms with Crippen molar-refractivity contribution in [3.63, 3.8) is 0 Å². The second-order valence-electron chi connectivity index (χ2n) is 7.46. The van der Waals surface area contributed by atoms with E-state index in [2.05, 4.69) is 15.9 Å². The molecule has 154 valence electrons. The van der Waals surface area contributed by atoms with Crippen LogP contribution in [0.3, 0.4) is 0 Å². The summed E-state index contributed by atoms with van der Waals surface area (Å²) in [6, 6.07) is 22.5. The Morgan fingerprint density at radius 2 is 1.68 bits per heavy atom. The van der Waals surface area contributed by atoms with Crippen molar-refractivity contribution in [2.75, 3.05) is 11.6 Å². The van der Waals surface area contributed by atoms with Gasteiger partial charge >= 0.3 is 5.91 Å². The third-order valence-electron chi connectivity index (χ3n) is 5.60. The van der Waals surface area contributed by atoms with Crippen LogP contribution in [0, 0.1) is 0 Å². The first kappa shape index (κ1) is 20.0. The summed E-state index contributed by atoms with van der Waals surface area (Å²) < 4.78 is 0.993. The van der Waals surface area contributed by atoms with Crippen LogP contribution in [0.5, 0.6) is 0 Å². The van der Waals surface area contributed by atoms with Crippen molar-refractivity contribution in [1.29, 1.82) is 0 Å². The summed E-state index contributed by atoms with van der Waals surface area (Å²) in [7, 11) is 0. The summed E-state index contributed by atoms with van der Waals surface area (Å²) in [6.07, 6.45) is 0.642. The van der Waals surface area contributed by atoms with E-state index in [4.69, 9.17) is 16.7 Å². The Balaban J connectivity index is 1.53. The molecular formula is C24H17BrClN3O2. The second kappa shape index (κ2) is 7.94. The molecule has 2 aliphatic heterocycles. The molecule has 0 bridgehead atoms. The molecule has 1 amide bonds. The SMILES string of the molecule is O=C1C(=O)N(CN2N=C(c3ccc(Br)cc3)C[C@@H]2c2ccccc2Cl)c2ccccc21. The lowest BCUT2D eigenvalue weighted by Crippen LogP contribution is -2.39. The van der Waals surface area contributed by atoms with Gasteiger partial charge in [-0.15, -0.1) is 0 Å². The Labute approximate surface area is 193 Å². The standard InChI is InChI=1S/C24H17BrClN3O2/c25-16-11-9-15(10-12-16)20-13-22(17-5-1-3-7-19(17)26)29(27-20)14-28-21-8-4-2-6-18(21)23(30)24(28)31/h1-12,22H,13-14H2/t22-/m1/s1. The summed E-state index contributed by atoms with van der Waals surface area (Å²) in [5.74, 6) is -1.02. The maximum Gasteiger partial charge on any atom is 0.301 e. The molecule has 2 aliphatic rings. The Hall–Kier alpha value is -2.96. The van der Waals surface area contributed by atoms with E-state index < -0.39 is 11.7 Å². The van der Waals surface area contributed by atoms with Gasteiger partial charge in [0.05, 0.1) is 23.0 Å². The van der Waals surface area contributed by atoms with Crippen molar-refractivity contribution in [2.45, 2.75) is 12.5 Å². The zero-order chi connectivity index (χ0) is 21.5. The van der Waals surface area contributed by atoms with Gasteiger partial charge < -0.3 is 0 Å². The van der Waals surface area contributed by atoms with Crippen LogP contribution in [0.1, 0.15) is 33.9 Å². The number of carbonyl (C=O) groups is 2. The molecule has 0 saturated heterocycles. The van der Waals surface area contributed by atoms with Gasteiger partial charge in [0.2, 0.25) is 0 Å². The van der Waals surface area contributed by atoms with Crippen molar-refractivity contribution in [3.8, 4) is 0 Å². The summed E-state index contributed by atoms with van der Waals surface area (Å²) in [6.45, 7) is 0.164. The number of ketones is 1. The zero-order valence-corrected chi connectivity index (χ0v) is 18.7. The number of halogens is 2. The number of amides is 1. The number of benzene rings is 3. The Kier molecular flexibility index (Phi) is 5.12. The van der Waals surface area contributed by atoms with E-state index >= 15 is 0 Å². The minimum absolute atomic E-state index is 0.150. The van der Waals surface area contributed by atoms with Crippen molar-refractivity contribution < 1.29 is 9.59 Å². The second-order valence-corrected chi connectivity index (χ2v) is 8.78. The van der Waals surface area contributed by atoms with Gasteiger partial charge in [0.25, 0.3) is 5.78 Å². The number of hydrogen-bond donors (Lipinski definition) is 0. The largest absolute Gasteiger partial charge is 0.301 e. The number of nitrogens with zero attached hydrogens (tertiary/aromatic N) is 3. The summed E-state index contributed by atoms with van der Waals surface area (Å²) in [5, 5.41) is 7.35. The molecule has 0 aliphatic carbocycles. The topological polar surface area (TPSA) is 53.0 Å². The third-order valence-corrected chi connectivity index (χ3v) is 6.48. The molecule has 0 fully saturated rings. The molecule has 31 heavy (non-hydrogen) atoms. The fraction of sp³-hybridized carbons (Fsp3) is 0.125. The molecule has 0 unspecified atom stereocenters. The summed E-state index contributed by atoms with van der Waals surface area (Å²) in [5.41, 5.74) is 3.89. The van der Waals surface area contributed by atoms with E-state index in [1.54, 1.807) is 18.2 Å². The van der Waals surface area contributed by atoms with Crippen LogP contribution in [0.2, 0.25) is 5.02 Å². The number of fused-ring (bicyclic) bond motifs is 1. The van der Waals surface area contributed by atoms with Crippen LogP contribution in [-0.2, 0) is 4.79 Å². The molecule has 3 aromatic carbocycles. The number of Topliss-reactive ketones (excluding diaryl/α,β-unsaturated/α-hetero) is 1. The van der Waals surface area contributed by atoms with Crippen LogP contribution in [0.4, 0.5) is 5.69 Å². The van der Waals surface area contributed by atoms with Gasteiger partial charge in [-0.3, -0.25) is 19.5 Å². The average molecular weight is 495 g/mol. The lowest BCUT2D eigenvalue weighted by atomic mass is 9.98. The van der Waals surface area contributed by atoms with Gasteiger partial charge in [0, 0.05) is 15.9 Å². The minimum Gasteiger partial charge on any atom is -0.285 e. The van der Waals surface area contributed by atoms with Gasteiger partial charge in [0.15, 0.2) is 0 Å². The van der Waals surface area contributed by atoms with Gasteiger partial charge in [-0.05, 0) is 41.5 Å². The van der Waals surface area contributed by atoms with E-state index in [9.17, 15) is 9.59 Å². The smallest absolute Gasteiger partial charge is 0.285 e. The van der Waals surface area contributed by atoms with Gasteiger partial charge in [-0.25, -0.2) is 0 Å². The van der Waals surface area contributed by atoms with E-state index in [1.165, 1.54) is 4.90 Å². The van der Waals surface area contributed by atoms with Gasteiger partial charge in [0.1, 0.15) is 6.67 Å². The maximum atomic E-state index is 12.7. The molecule has 3 aromatic rings. The molecule has 5 nitrogen and oxygen atoms in total. The lowest BCUT2D eigenvalue weighted by Gasteiger charge is -2.29. The fourth-order valence-electron chi connectivity index (χ4n) is 4.05. The van der Waals surface area contributed by atoms with Crippen LogP contribution in [-0.4, -0.2) is 29.1 Å². The van der Waals surface area contributed by atoms with Gasteiger partial charge in [-0.1, -0.05) is 70.0 Å². The van der Waals surface area contributed by atoms with Crippen LogP contribution in [0.25, 0.3) is 0 Å². The van der Waals surface area contributed by atoms with Crippen molar-refractivity contribution in [2.24, 2.45) is 5.10 Å². The highest BCUT2D eigenvalue weighted by atomic mass is 79.9. The van der Waals surface area contributed by atoms with Crippen molar-refractivity contribution in [3.05, 3.63) is 99.0 Å². The van der Waals surface area contributed by atoms with E-state index in [0.29, 0.717) is 22.7 Å². The van der Waals surface area contributed by atoms with E-state index in [1.807, 2.05) is 59.6 Å². The predicted octanol–water partition coefficient (Wildman–Crippen LogP) is 5.44. The highest BCUT2D eigenvalue weighted by Gasteiger charge is 2.39. The molecule has 1 atom stereocenters. The molecule has 0 saturated carbocycles. The first-order chi connectivity index (χ1) is 15.0. The first-order valence-electron chi connectivity index (χ1n) is 9.82. The van der Waals surface area contributed by atoms with E-state index in [0.717, 1.165) is 21.3 Å². The Morgan fingerprint density at radius 1 is 0.968 bits per heavy atom. The zero-order valence-electron chi connectivity index (χ0n) is 16.3. The first-order valence-corrected chi connectivity index (χ1v) is 11.0. The molecule has 7 heteroatoms. The summed E-state index contributed by atoms with van der Waals surface area (Å²) >= 11 is 9.98. The predicted molar refractivity (Wildman–Crippen MR) is 124 cm³/mol. The molecule has 0 radical (unpaired) electrons. The molecule has 0 spiro atoms. The van der Waals surface area contributed by atoms with Crippen LogP contribution >= 0.6 is 27.5 Å². The highest BCUT2D eigenvalue weighted by Crippen LogP contribution is 2.38. The Morgan fingerprint density at radius 3 is 2.45 bits per heavy atom. The number of carbonyl (C=O) groups excluding carboxylic acids is 2. The number of hydrazone groups is 1. The van der Waals surface area contributed by atoms with Gasteiger partial charge in [-0.2, -0.15) is 5.10 Å².